The normalized spacial score (nSPS) is 27.5. The molecule has 0 saturated carbocycles. The van der Waals surface area contributed by atoms with Gasteiger partial charge in [-0.3, -0.25) is 9.59 Å². The van der Waals surface area contributed by atoms with Crippen LogP contribution in [0.4, 0.5) is 4.39 Å². The molecule has 4 aliphatic rings. The Hall–Kier alpha value is -2.83. The number of piperidine rings is 1. The topological polar surface area (TPSA) is 125 Å². The number of aromatic nitrogens is 2. The summed E-state index contributed by atoms with van der Waals surface area (Å²) in [5.74, 6) is 0.00491. The molecule has 39 heavy (non-hydrogen) atoms. The smallest absolute Gasteiger partial charge is 0.257 e. The van der Waals surface area contributed by atoms with Gasteiger partial charge >= 0.3 is 0 Å². The molecule has 4 aliphatic heterocycles. The van der Waals surface area contributed by atoms with Crippen molar-refractivity contribution in [3.8, 4) is 11.4 Å². The molecule has 6 heterocycles. The van der Waals surface area contributed by atoms with Crippen molar-refractivity contribution >= 4 is 28.6 Å². The summed E-state index contributed by atoms with van der Waals surface area (Å²) in [5.41, 5.74) is 2.11. The van der Waals surface area contributed by atoms with Crippen LogP contribution in [-0.4, -0.2) is 60.4 Å². The molecule has 3 unspecified atom stereocenters. The maximum Gasteiger partial charge on any atom is 0.257 e. The van der Waals surface area contributed by atoms with Gasteiger partial charge in [-0.1, -0.05) is 6.92 Å². The van der Waals surface area contributed by atoms with Gasteiger partial charge in [-0.2, -0.15) is 0 Å². The van der Waals surface area contributed by atoms with Crippen LogP contribution in [0.5, 0.6) is 0 Å². The molecular formula is C28H28FN3O6S. The van der Waals surface area contributed by atoms with Crippen LogP contribution in [0, 0.1) is 12.7 Å². The fraction of sp³-hybridized carbons (Fsp3) is 0.464. The highest BCUT2D eigenvalue weighted by atomic mass is 32.2. The molecule has 0 aliphatic carbocycles. The lowest BCUT2D eigenvalue weighted by atomic mass is 9.85. The molecule has 4 atom stereocenters. The standard InChI is InChI=1S/C28H28FN3O6S/c1-3-28(37)16-7-19-24-14(9-32(19)26(35)15(16)10-38-27(28)36)22-20(31-5-4-13(33)6-21(31)34)11-39-25-12(2)17(29)8-18(30-24)23(22)25/h7-8,13,20,27,33,36-37H,3-6,9-11H2,1-2H3/t13?,20?,27?,28-/m0/s1. The number of rotatable bonds is 2. The number of carbonyl (C=O) groups is 1. The number of aliphatic hydroxyl groups is 3. The van der Waals surface area contributed by atoms with Crippen molar-refractivity contribution in [1.29, 1.82) is 0 Å². The molecule has 7 rings (SSSR count). The molecule has 2 aromatic heterocycles. The minimum Gasteiger partial charge on any atom is -0.393 e. The zero-order chi connectivity index (χ0) is 27.4. The maximum atomic E-state index is 15.1. The first kappa shape index (κ1) is 25.2. The van der Waals surface area contributed by atoms with E-state index in [4.69, 9.17) is 9.72 Å². The third kappa shape index (κ3) is 3.37. The van der Waals surface area contributed by atoms with Crippen molar-refractivity contribution in [3.05, 3.63) is 56.1 Å². The lowest BCUT2D eigenvalue weighted by Crippen LogP contribution is -2.47. The van der Waals surface area contributed by atoms with Crippen molar-refractivity contribution in [2.45, 2.75) is 75.2 Å². The lowest BCUT2D eigenvalue weighted by Gasteiger charge is -2.39. The van der Waals surface area contributed by atoms with Crippen molar-refractivity contribution in [2.75, 3.05) is 12.3 Å². The van der Waals surface area contributed by atoms with Gasteiger partial charge in [0.1, 0.15) is 11.4 Å². The van der Waals surface area contributed by atoms with Crippen LogP contribution < -0.4 is 5.56 Å². The zero-order valence-corrected chi connectivity index (χ0v) is 22.3. The van der Waals surface area contributed by atoms with E-state index in [2.05, 4.69) is 0 Å². The number of thioether (sulfide) groups is 1. The Kier molecular flexibility index (Phi) is 5.54. The van der Waals surface area contributed by atoms with Crippen LogP contribution >= 0.6 is 11.8 Å². The van der Waals surface area contributed by atoms with Gasteiger partial charge in [0.05, 0.1) is 48.6 Å². The number of fused-ring (bicyclic) bond motifs is 5. The fourth-order valence-electron chi connectivity index (χ4n) is 6.63. The van der Waals surface area contributed by atoms with E-state index in [0.717, 1.165) is 21.4 Å². The summed E-state index contributed by atoms with van der Waals surface area (Å²) in [5, 5.41) is 32.6. The third-order valence-electron chi connectivity index (χ3n) is 8.85. The van der Waals surface area contributed by atoms with E-state index in [1.165, 1.54) is 17.8 Å². The molecule has 3 N–H and O–H groups in total. The van der Waals surface area contributed by atoms with Crippen LogP contribution in [-0.2, 0) is 28.3 Å². The van der Waals surface area contributed by atoms with Crippen LogP contribution in [0.15, 0.2) is 21.8 Å². The summed E-state index contributed by atoms with van der Waals surface area (Å²) < 4.78 is 22.0. The van der Waals surface area contributed by atoms with Crippen molar-refractivity contribution in [3.63, 3.8) is 0 Å². The molecule has 0 spiro atoms. The average molecular weight is 554 g/mol. The number of nitrogens with zero attached hydrogens (tertiary/aromatic N) is 3. The van der Waals surface area contributed by atoms with Gasteiger partial charge in [-0.05, 0) is 37.0 Å². The first-order valence-corrected chi connectivity index (χ1v) is 14.2. The number of ether oxygens (including phenoxy) is 1. The minimum atomic E-state index is -1.76. The molecule has 11 heteroatoms. The molecular weight excluding hydrogens is 525 g/mol. The van der Waals surface area contributed by atoms with Gasteiger partial charge < -0.3 is 29.5 Å². The Labute approximate surface area is 227 Å². The molecule has 0 bridgehead atoms. The van der Waals surface area contributed by atoms with E-state index in [0.29, 0.717) is 46.7 Å². The Balaban J connectivity index is 1.50. The fourth-order valence-corrected chi connectivity index (χ4v) is 7.97. The zero-order valence-electron chi connectivity index (χ0n) is 21.5. The summed E-state index contributed by atoms with van der Waals surface area (Å²) >= 11 is 1.50. The van der Waals surface area contributed by atoms with Crippen molar-refractivity contribution < 1.29 is 29.2 Å². The quantitative estimate of drug-likeness (QED) is 0.346. The van der Waals surface area contributed by atoms with Crippen LogP contribution in [0.3, 0.4) is 0 Å². The number of hydrogen-bond donors (Lipinski definition) is 3. The van der Waals surface area contributed by atoms with E-state index in [1.54, 1.807) is 29.4 Å². The monoisotopic (exact) mass is 553 g/mol. The molecule has 204 valence electrons. The lowest BCUT2D eigenvalue weighted by molar-refractivity contribution is -0.236. The number of likely N-dealkylation sites (tertiary alicyclic amines) is 1. The van der Waals surface area contributed by atoms with E-state index in [1.807, 2.05) is 0 Å². The van der Waals surface area contributed by atoms with E-state index < -0.39 is 18.0 Å². The van der Waals surface area contributed by atoms with Gasteiger partial charge in [0.15, 0.2) is 6.29 Å². The largest absolute Gasteiger partial charge is 0.393 e. The first-order chi connectivity index (χ1) is 18.6. The second-order valence-electron chi connectivity index (χ2n) is 10.9. The Morgan fingerprint density at radius 2 is 2.05 bits per heavy atom. The summed E-state index contributed by atoms with van der Waals surface area (Å²) in [6, 6.07) is 2.77. The number of halogens is 1. The second kappa shape index (κ2) is 8.58. The minimum absolute atomic E-state index is 0.0528. The Bertz CT molecular complexity index is 1660. The van der Waals surface area contributed by atoms with Crippen LogP contribution in [0.2, 0.25) is 0 Å². The number of aliphatic hydroxyl groups excluding tert-OH is 2. The number of carbonyl (C=O) groups excluding carboxylic acids is 1. The Morgan fingerprint density at radius 3 is 2.79 bits per heavy atom. The summed E-state index contributed by atoms with van der Waals surface area (Å²) in [6.07, 6.45) is -1.49. The summed E-state index contributed by atoms with van der Waals surface area (Å²) in [4.78, 5) is 34.3. The van der Waals surface area contributed by atoms with E-state index in [-0.39, 0.29) is 54.9 Å². The molecule has 1 amide bonds. The van der Waals surface area contributed by atoms with Crippen molar-refractivity contribution in [1.82, 2.24) is 14.5 Å². The van der Waals surface area contributed by atoms with Gasteiger partial charge in [0.25, 0.3) is 5.56 Å². The second-order valence-corrected chi connectivity index (χ2v) is 11.9. The van der Waals surface area contributed by atoms with Gasteiger partial charge in [0.2, 0.25) is 5.91 Å². The van der Waals surface area contributed by atoms with Crippen molar-refractivity contribution in [2.24, 2.45) is 0 Å². The van der Waals surface area contributed by atoms with Crippen LogP contribution in [0.25, 0.3) is 22.3 Å². The molecule has 9 nitrogen and oxygen atoms in total. The predicted molar refractivity (Wildman–Crippen MR) is 141 cm³/mol. The first-order valence-electron chi connectivity index (χ1n) is 13.2. The highest BCUT2D eigenvalue weighted by Crippen LogP contribution is 2.50. The molecule has 1 fully saturated rings. The highest BCUT2D eigenvalue weighted by Gasteiger charge is 2.45. The third-order valence-corrected chi connectivity index (χ3v) is 10.1. The average Bonchev–Trinajstić information content (AvgIpc) is 3.28. The van der Waals surface area contributed by atoms with E-state index in [9.17, 15) is 24.9 Å². The van der Waals surface area contributed by atoms with E-state index >= 15 is 4.39 Å². The predicted octanol–water partition coefficient (Wildman–Crippen LogP) is 2.45. The number of benzene rings is 1. The Morgan fingerprint density at radius 1 is 1.26 bits per heavy atom. The molecule has 0 radical (unpaired) electrons. The number of pyridine rings is 2. The summed E-state index contributed by atoms with van der Waals surface area (Å²) in [6.45, 7) is 3.93. The SMILES string of the molecule is CC[C@]1(O)c2cc3n(c(=O)c2COC1O)Cc1c-3nc2cc(F)c(C)c3c2c1C(N1CCC(O)CC1=O)CS3. The summed E-state index contributed by atoms with van der Waals surface area (Å²) in [7, 11) is 0. The number of amides is 1. The van der Waals surface area contributed by atoms with Crippen LogP contribution in [0.1, 0.15) is 60.0 Å². The molecule has 1 aromatic carbocycles. The molecule has 3 aromatic rings. The van der Waals surface area contributed by atoms with Gasteiger partial charge in [-0.25, -0.2) is 9.37 Å². The maximum absolute atomic E-state index is 15.1. The van der Waals surface area contributed by atoms with Gasteiger partial charge in [0, 0.05) is 45.3 Å². The highest BCUT2D eigenvalue weighted by molar-refractivity contribution is 7.99. The molecule has 1 saturated heterocycles. The van der Waals surface area contributed by atoms with Gasteiger partial charge in [-0.15, -0.1) is 11.8 Å². The number of hydrogen-bond acceptors (Lipinski definition) is 8.